The average Bonchev–Trinajstić information content (AvgIpc) is 2.52. The average molecular weight is 317 g/mol. The lowest BCUT2D eigenvalue weighted by molar-refractivity contribution is -0.385. The molecule has 118 valence electrons. The molecule has 0 saturated heterocycles. The molecule has 6 nitrogen and oxygen atoms in total. The van der Waals surface area contributed by atoms with Crippen LogP contribution >= 0.6 is 0 Å². The van der Waals surface area contributed by atoms with E-state index in [0.717, 1.165) is 12.1 Å². The number of ketones is 1. The Hall–Kier alpha value is -3.09. The van der Waals surface area contributed by atoms with Gasteiger partial charge in [-0.25, -0.2) is 9.18 Å². The summed E-state index contributed by atoms with van der Waals surface area (Å²) < 4.78 is 17.9. The van der Waals surface area contributed by atoms with Gasteiger partial charge < -0.3 is 4.74 Å². The second-order valence-electron chi connectivity index (χ2n) is 4.77. The second-order valence-corrected chi connectivity index (χ2v) is 4.77. The Morgan fingerprint density at radius 2 is 1.91 bits per heavy atom. The fraction of sp³-hybridized carbons (Fsp3) is 0.125. The standard InChI is InChI=1S/C16H12FNO5/c1-10-5-6-12(8-14(10)18(21)22)16(20)23-9-15(19)11-3-2-4-13(17)7-11/h2-8H,9H2,1H3. The zero-order valence-corrected chi connectivity index (χ0v) is 12.1. The Bertz CT molecular complexity index is 788. The van der Waals surface area contributed by atoms with Crippen LogP contribution in [0.2, 0.25) is 0 Å². The first-order chi connectivity index (χ1) is 10.9. The summed E-state index contributed by atoms with van der Waals surface area (Å²) >= 11 is 0. The number of esters is 1. The molecule has 2 rings (SSSR count). The van der Waals surface area contributed by atoms with Gasteiger partial charge in [0.1, 0.15) is 5.82 Å². The van der Waals surface area contributed by atoms with Crippen LogP contribution in [0.1, 0.15) is 26.3 Å². The smallest absolute Gasteiger partial charge is 0.338 e. The monoisotopic (exact) mass is 317 g/mol. The van der Waals surface area contributed by atoms with E-state index in [4.69, 9.17) is 4.74 Å². The molecule has 0 unspecified atom stereocenters. The molecular weight excluding hydrogens is 305 g/mol. The maximum absolute atomic E-state index is 13.0. The summed E-state index contributed by atoms with van der Waals surface area (Å²) in [4.78, 5) is 33.9. The van der Waals surface area contributed by atoms with Gasteiger partial charge in [-0.15, -0.1) is 0 Å². The second kappa shape index (κ2) is 6.78. The molecule has 0 heterocycles. The predicted molar refractivity (Wildman–Crippen MR) is 78.8 cm³/mol. The maximum atomic E-state index is 13.0. The molecule has 0 amide bonds. The van der Waals surface area contributed by atoms with Crippen molar-refractivity contribution in [2.75, 3.05) is 6.61 Å². The molecule has 2 aromatic carbocycles. The number of aryl methyl sites for hydroxylation is 1. The minimum atomic E-state index is -0.863. The molecule has 0 atom stereocenters. The largest absolute Gasteiger partial charge is 0.454 e. The van der Waals surface area contributed by atoms with Gasteiger partial charge in [0, 0.05) is 17.2 Å². The van der Waals surface area contributed by atoms with Gasteiger partial charge in [-0.3, -0.25) is 14.9 Å². The van der Waals surface area contributed by atoms with Crippen LogP contribution in [0.3, 0.4) is 0 Å². The molecule has 23 heavy (non-hydrogen) atoms. The van der Waals surface area contributed by atoms with Gasteiger partial charge in [-0.05, 0) is 25.1 Å². The number of nitro groups is 1. The van der Waals surface area contributed by atoms with Crippen molar-refractivity contribution in [2.24, 2.45) is 0 Å². The van der Waals surface area contributed by atoms with Crippen LogP contribution in [0.25, 0.3) is 0 Å². The van der Waals surface area contributed by atoms with Gasteiger partial charge in [0.25, 0.3) is 5.69 Å². The zero-order valence-electron chi connectivity index (χ0n) is 12.1. The third-order valence-corrected chi connectivity index (χ3v) is 3.12. The van der Waals surface area contributed by atoms with Gasteiger partial charge in [0.05, 0.1) is 10.5 Å². The lowest BCUT2D eigenvalue weighted by atomic mass is 10.1. The topological polar surface area (TPSA) is 86.5 Å². The lowest BCUT2D eigenvalue weighted by Gasteiger charge is -2.05. The first-order valence-corrected chi connectivity index (χ1v) is 6.59. The Labute approximate surface area is 130 Å². The Kier molecular flexibility index (Phi) is 4.80. The van der Waals surface area contributed by atoms with Crippen molar-refractivity contribution >= 4 is 17.4 Å². The molecule has 7 heteroatoms. The Morgan fingerprint density at radius 3 is 2.57 bits per heavy atom. The molecular formula is C16H12FNO5. The normalized spacial score (nSPS) is 10.2. The third-order valence-electron chi connectivity index (χ3n) is 3.12. The number of nitrogens with zero attached hydrogens (tertiary/aromatic N) is 1. The van der Waals surface area contributed by atoms with E-state index in [1.54, 1.807) is 6.92 Å². The van der Waals surface area contributed by atoms with E-state index in [0.29, 0.717) is 5.56 Å². The Morgan fingerprint density at radius 1 is 1.17 bits per heavy atom. The number of rotatable bonds is 5. The van der Waals surface area contributed by atoms with E-state index >= 15 is 0 Å². The van der Waals surface area contributed by atoms with Crippen LogP contribution in [0.4, 0.5) is 10.1 Å². The molecule has 0 aliphatic rings. The summed E-state index contributed by atoms with van der Waals surface area (Å²) in [6.45, 7) is 0.963. The van der Waals surface area contributed by atoms with E-state index in [1.807, 2.05) is 0 Å². The molecule has 0 aliphatic carbocycles. The number of Topliss-reactive ketones (excluding diaryl/α,β-unsaturated/α-hetero) is 1. The molecule has 0 bridgehead atoms. The number of halogens is 1. The number of carbonyl (C=O) groups excluding carboxylic acids is 2. The van der Waals surface area contributed by atoms with Crippen molar-refractivity contribution < 1.29 is 23.6 Å². The van der Waals surface area contributed by atoms with Gasteiger partial charge >= 0.3 is 5.97 Å². The summed E-state index contributed by atoms with van der Waals surface area (Å²) in [5, 5.41) is 10.8. The number of carbonyl (C=O) groups is 2. The van der Waals surface area contributed by atoms with E-state index in [1.165, 1.54) is 30.3 Å². The molecule has 0 aromatic heterocycles. The summed E-state index contributed by atoms with van der Waals surface area (Å²) in [6.07, 6.45) is 0. The fourth-order valence-corrected chi connectivity index (χ4v) is 1.89. The highest BCUT2D eigenvalue weighted by Gasteiger charge is 2.17. The minimum absolute atomic E-state index is 0.0330. The third kappa shape index (κ3) is 3.97. The summed E-state index contributed by atoms with van der Waals surface area (Å²) in [7, 11) is 0. The molecule has 0 saturated carbocycles. The molecule has 0 aliphatic heterocycles. The predicted octanol–water partition coefficient (Wildman–Crippen LogP) is 3.08. The van der Waals surface area contributed by atoms with E-state index < -0.39 is 29.1 Å². The number of nitro benzene ring substituents is 1. The maximum Gasteiger partial charge on any atom is 0.338 e. The number of ether oxygens (including phenoxy) is 1. The summed E-state index contributed by atoms with van der Waals surface area (Å²) in [5.74, 6) is -2.01. The highest BCUT2D eigenvalue weighted by molar-refractivity contribution is 5.99. The van der Waals surface area contributed by atoms with Crippen LogP contribution < -0.4 is 0 Å². The summed E-state index contributed by atoms with van der Waals surface area (Å²) in [6, 6.07) is 8.87. The van der Waals surface area contributed by atoms with Gasteiger partial charge in [-0.2, -0.15) is 0 Å². The van der Waals surface area contributed by atoms with Crippen molar-refractivity contribution in [2.45, 2.75) is 6.92 Å². The van der Waals surface area contributed by atoms with Crippen LogP contribution in [-0.2, 0) is 4.74 Å². The van der Waals surface area contributed by atoms with Crippen molar-refractivity contribution in [1.82, 2.24) is 0 Å². The van der Waals surface area contributed by atoms with Crippen molar-refractivity contribution in [3.8, 4) is 0 Å². The van der Waals surface area contributed by atoms with Crippen molar-refractivity contribution in [3.05, 3.63) is 75.1 Å². The van der Waals surface area contributed by atoms with Gasteiger partial charge in [-0.1, -0.05) is 18.2 Å². The molecule has 0 spiro atoms. The zero-order chi connectivity index (χ0) is 17.0. The molecule has 0 radical (unpaired) electrons. The number of benzene rings is 2. The van der Waals surface area contributed by atoms with Crippen LogP contribution in [0.5, 0.6) is 0 Å². The molecule has 0 fully saturated rings. The number of hydrogen-bond donors (Lipinski definition) is 0. The number of hydrogen-bond acceptors (Lipinski definition) is 5. The van der Waals surface area contributed by atoms with Crippen LogP contribution in [-0.4, -0.2) is 23.3 Å². The van der Waals surface area contributed by atoms with Crippen LogP contribution in [0.15, 0.2) is 42.5 Å². The summed E-state index contributed by atoms with van der Waals surface area (Å²) in [5.41, 5.74) is 0.236. The SMILES string of the molecule is Cc1ccc(C(=O)OCC(=O)c2cccc(F)c2)cc1[N+](=O)[O-]. The first kappa shape index (κ1) is 16.3. The van der Waals surface area contributed by atoms with Crippen LogP contribution in [0, 0.1) is 22.9 Å². The van der Waals surface area contributed by atoms with Crippen molar-refractivity contribution in [3.63, 3.8) is 0 Å². The first-order valence-electron chi connectivity index (χ1n) is 6.59. The van der Waals surface area contributed by atoms with E-state index in [-0.39, 0.29) is 16.8 Å². The van der Waals surface area contributed by atoms with E-state index in [2.05, 4.69) is 0 Å². The van der Waals surface area contributed by atoms with Crippen molar-refractivity contribution in [1.29, 1.82) is 0 Å². The van der Waals surface area contributed by atoms with Gasteiger partial charge in [0.2, 0.25) is 0 Å². The minimum Gasteiger partial charge on any atom is -0.454 e. The highest BCUT2D eigenvalue weighted by atomic mass is 19.1. The highest BCUT2D eigenvalue weighted by Crippen LogP contribution is 2.19. The Balaban J connectivity index is 2.06. The van der Waals surface area contributed by atoms with Gasteiger partial charge in [0.15, 0.2) is 12.4 Å². The fourth-order valence-electron chi connectivity index (χ4n) is 1.89. The van der Waals surface area contributed by atoms with E-state index in [9.17, 15) is 24.1 Å². The lowest BCUT2D eigenvalue weighted by Crippen LogP contribution is -2.14. The molecule has 2 aromatic rings. The quantitative estimate of drug-likeness (QED) is 0.366. The molecule has 0 N–H and O–H groups in total.